The summed E-state index contributed by atoms with van der Waals surface area (Å²) in [4.78, 5) is 5.40. The van der Waals surface area contributed by atoms with E-state index in [9.17, 15) is 13.2 Å². The first-order chi connectivity index (χ1) is 10.4. The van der Waals surface area contributed by atoms with Gasteiger partial charge in [0.1, 0.15) is 0 Å². The fourth-order valence-electron chi connectivity index (χ4n) is 3.40. The molecule has 1 saturated carbocycles. The van der Waals surface area contributed by atoms with Crippen LogP contribution in [0.25, 0.3) is 0 Å². The second-order valence-electron chi connectivity index (χ2n) is 6.12. The summed E-state index contributed by atoms with van der Waals surface area (Å²) in [5, 5.41) is 0. The highest BCUT2D eigenvalue weighted by atomic mass is 32.1. The van der Waals surface area contributed by atoms with E-state index < -0.39 is 11.7 Å². The van der Waals surface area contributed by atoms with Gasteiger partial charge in [0, 0.05) is 22.9 Å². The van der Waals surface area contributed by atoms with Crippen molar-refractivity contribution in [2.75, 3.05) is 6.54 Å². The number of rotatable bonds is 1. The van der Waals surface area contributed by atoms with Gasteiger partial charge in [0.05, 0.1) is 12.1 Å². The van der Waals surface area contributed by atoms with Crippen molar-refractivity contribution < 1.29 is 13.2 Å². The first-order valence-electron chi connectivity index (χ1n) is 7.71. The Balaban J connectivity index is 2.06. The summed E-state index contributed by atoms with van der Waals surface area (Å²) < 4.78 is 39.1. The number of thiocarbonyl (C=S) groups is 1. The largest absolute Gasteiger partial charge is 0.416 e. The van der Waals surface area contributed by atoms with E-state index in [4.69, 9.17) is 12.2 Å². The quantitative estimate of drug-likeness (QED) is 0.662. The van der Waals surface area contributed by atoms with E-state index in [2.05, 4.69) is 4.99 Å². The van der Waals surface area contributed by atoms with Gasteiger partial charge in [0.15, 0.2) is 0 Å². The molecule has 0 spiro atoms. The molecule has 1 aliphatic carbocycles. The Bertz CT molecular complexity index is 613. The first kappa shape index (κ1) is 15.7. The molecule has 1 aliphatic heterocycles. The molecule has 0 bridgehead atoms. The van der Waals surface area contributed by atoms with Crippen LogP contribution >= 0.6 is 12.2 Å². The zero-order chi connectivity index (χ0) is 15.7. The van der Waals surface area contributed by atoms with Gasteiger partial charge in [0.2, 0.25) is 0 Å². The van der Waals surface area contributed by atoms with E-state index in [0.717, 1.165) is 47.9 Å². The van der Waals surface area contributed by atoms with Gasteiger partial charge in [-0.2, -0.15) is 13.2 Å². The fourth-order valence-corrected chi connectivity index (χ4v) is 3.62. The number of halogens is 3. The van der Waals surface area contributed by atoms with Crippen molar-refractivity contribution in [1.82, 2.24) is 0 Å². The van der Waals surface area contributed by atoms with Crippen LogP contribution in [0.2, 0.25) is 0 Å². The summed E-state index contributed by atoms with van der Waals surface area (Å²) in [6.45, 7) is 0.456. The Labute approximate surface area is 133 Å². The van der Waals surface area contributed by atoms with E-state index in [1.807, 2.05) is 0 Å². The van der Waals surface area contributed by atoms with Crippen LogP contribution in [0.15, 0.2) is 23.2 Å². The van der Waals surface area contributed by atoms with Crippen LogP contribution in [0, 0.1) is 5.92 Å². The predicted octanol–water partition coefficient (Wildman–Crippen LogP) is 5.00. The van der Waals surface area contributed by atoms with E-state index in [0.29, 0.717) is 18.5 Å². The van der Waals surface area contributed by atoms with Crippen LogP contribution in [0.1, 0.15) is 48.8 Å². The molecule has 0 atom stereocenters. The van der Waals surface area contributed by atoms with Gasteiger partial charge in [-0.1, -0.05) is 37.5 Å². The topological polar surface area (TPSA) is 12.4 Å². The maximum atomic E-state index is 13.0. The van der Waals surface area contributed by atoms with Gasteiger partial charge in [0.25, 0.3) is 0 Å². The summed E-state index contributed by atoms with van der Waals surface area (Å²) in [5.41, 5.74) is 1.81. The van der Waals surface area contributed by atoms with Crippen LogP contribution in [0.4, 0.5) is 13.2 Å². The number of hydrogen-bond donors (Lipinski definition) is 0. The number of fused-ring (bicyclic) bond motifs is 1. The molecule has 22 heavy (non-hydrogen) atoms. The summed E-state index contributed by atoms with van der Waals surface area (Å²) in [6.07, 6.45) is 1.72. The van der Waals surface area contributed by atoms with E-state index in [1.54, 1.807) is 6.07 Å². The molecular weight excluding hydrogens is 307 g/mol. The minimum atomic E-state index is -4.32. The standard InChI is InChI=1S/C17H18F3NS/c18-17(19,20)13-7-6-12-8-14(22)10-21-16(15(12)9-13)11-4-2-1-3-5-11/h6-7,9,11H,1-5,8,10H2. The van der Waals surface area contributed by atoms with Crippen molar-refractivity contribution in [3.63, 3.8) is 0 Å². The Kier molecular flexibility index (Phi) is 4.35. The van der Waals surface area contributed by atoms with E-state index in [-0.39, 0.29) is 5.92 Å². The highest BCUT2D eigenvalue weighted by molar-refractivity contribution is 7.80. The predicted molar refractivity (Wildman–Crippen MR) is 85.7 cm³/mol. The summed E-state index contributed by atoms with van der Waals surface area (Å²) in [6, 6.07) is 4.01. The third-order valence-electron chi connectivity index (χ3n) is 4.52. The fraction of sp³-hybridized carbons (Fsp3) is 0.529. The molecule has 0 N–H and O–H groups in total. The first-order valence-corrected chi connectivity index (χ1v) is 8.12. The molecule has 1 heterocycles. The molecule has 1 aromatic carbocycles. The second-order valence-corrected chi connectivity index (χ2v) is 6.70. The summed E-state index contributed by atoms with van der Waals surface area (Å²) >= 11 is 5.30. The van der Waals surface area contributed by atoms with Gasteiger partial charge in [-0.3, -0.25) is 4.99 Å². The Morgan fingerprint density at radius 2 is 1.82 bits per heavy atom. The second kappa shape index (κ2) is 6.11. The number of aliphatic imine (C=N–C) groups is 1. The highest BCUT2D eigenvalue weighted by Gasteiger charge is 2.33. The van der Waals surface area contributed by atoms with Crippen LogP contribution in [0.3, 0.4) is 0 Å². The molecule has 0 aromatic heterocycles. The number of nitrogens with zero attached hydrogens (tertiary/aromatic N) is 1. The van der Waals surface area contributed by atoms with Crippen LogP contribution in [-0.2, 0) is 12.6 Å². The average Bonchev–Trinajstić information content (AvgIpc) is 2.65. The van der Waals surface area contributed by atoms with Gasteiger partial charge < -0.3 is 0 Å². The Hall–Kier alpha value is -1.23. The molecule has 0 radical (unpaired) electrons. The van der Waals surface area contributed by atoms with Crippen molar-refractivity contribution >= 4 is 22.8 Å². The molecule has 5 heteroatoms. The van der Waals surface area contributed by atoms with Crippen molar-refractivity contribution in [3.05, 3.63) is 34.9 Å². The number of benzene rings is 1. The maximum Gasteiger partial charge on any atom is 0.416 e. The zero-order valence-corrected chi connectivity index (χ0v) is 13.1. The SMILES string of the molecule is FC(F)(F)c1ccc2c(c1)C(C1CCCCC1)=NCC(=S)C2. The lowest BCUT2D eigenvalue weighted by Crippen LogP contribution is -2.21. The molecular formula is C17H18F3NS. The van der Waals surface area contributed by atoms with Crippen molar-refractivity contribution in [2.24, 2.45) is 10.9 Å². The highest BCUT2D eigenvalue weighted by Crippen LogP contribution is 2.34. The minimum Gasteiger partial charge on any atom is -0.284 e. The molecule has 2 aliphatic rings. The molecule has 1 fully saturated rings. The molecule has 3 rings (SSSR count). The normalized spacial score (nSPS) is 20.3. The van der Waals surface area contributed by atoms with Crippen LogP contribution in [-0.4, -0.2) is 17.1 Å². The molecule has 1 nitrogen and oxygen atoms in total. The lowest BCUT2D eigenvalue weighted by Gasteiger charge is -2.24. The molecule has 0 saturated heterocycles. The lowest BCUT2D eigenvalue weighted by atomic mass is 9.81. The molecule has 1 aromatic rings. The third-order valence-corrected chi connectivity index (χ3v) is 4.79. The van der Waals surface area contributed by atoms with Gasteiger partial charge in [-0.05, 0) is 36.1 Å². The van der Waals surface area contributed by atoms with E-state index in [1.165, 1.54) is 12.5 Å². The minimum absolute atomic E-state index is 0.275. The Morgan fingerprint density at radius 1 is 1.09 bits per heavy atom. The maximum absolute atomic E-state index is 13.0. The van der Waals surface area contributed by atoms with Crippen molar-refractivity contribution in [3.8, 4) is 0 Å². The molecule has 0 unspecified atom stereocenters. The average molecular weight is 325 g/mol. The zero-order valence-electron chi connectivity index (χ0n) is 12.2. The monoisotopic (exact) mass is 325 g/mol. The Morgan fingerprint density at radius 3 is 2.50 bits per heavy atom. The van der Waals surface area contributed by atoms with Gasteiger partial charge in [-0.25, -0.2) is 0 Å². The summed E-state index contributed by atoms with van der Waals surface area (Å²) in [5.74, 6) is 0.275. The van der Waals surface area contributed by atoms with Gasteiger partial charge >= 0.3 is 6.18 Å². The number of hydrogen-bond acceptors (Lipinski definition) is 2. The summed E-state index contributed by atoms with van der Waals surface area (Å²) in [7, 11) is 0. The van der Waals surface area contributed by atoms with Crippen molar-refractivity contribution in [2.45, 2.75) is 44.7 Å². The van der Waals surface area contributed by atoms with Gasteiger partial charge in [-0.15, -0.1) is 0 Å². The molecule has 0 amide bonds. The third kappa shape index (κ3) is 3.24. The van der Waals surface area contributed by atoms with E-state index >= 15 is 0 Å². The van der Waals surface area contributed by atoms with Crippen molar-refractivity contribution in [1.29, 1.82) is 0 Å². The smallest absolute Gasteiger partial charge is 0.284 e. The lowest BCUT2D eigenvalue weighted by molar-refractivity contribution is -0.137. The number of alkyl halides is 3. The van der Waals surface area contributed by atoms with Crippen LogP contribution < -0.4 is 0 Å². The van der Waals surface area contributed by atoms with Crippen LogP contribution in [0.5, 0.6) is 0 Å². The molecule has 118 valence electrons.